The smallest absolute Gasteiger partial charge is 0.329 e. The van der Waals surface area contributed by atoms with Crippen LogP contribution in [0.5, 0.6) is 0 Å². The molecular weight excluding hydrogens is 370 g/mol. The average molecular weight is 394 g/mol. The lowest BCUT2D eigenvalue weighted by molar-refractivity contribution is 0.0922. The third-order valence-corrected chi connectivity index (χ3v) is 4.53. The molecule has 0 unspecified atom stereocenters. The van der Waals surface area contributed by atoms with Gasteiger partial charge in [0.1, 0.15) is 23.0 Å². The van der Waals surface area contributed by atoms with E-state index >= 15 is 0 Å². The molecule has 0 bridgehead atoms. The zero-order valence-corrected chi connectivity index (χ0v) is 16.3. The highest BCUT2D eigenvalue weighted by Crippen LogP contribution is 2.23. The lowest BCUT2D eigenvalue weighted by Gasteiger charge is -2.25. The number of aromatic nitrogens is 2. The number of nitrogens with one attached hydrogen (secondary N) is 1. The van der Waals surface area contributed by atoms with Gasteiger partial charge in [-0.05, 0) is 38.1 Å². The molecule has 2 aromatic rings. The van der Waals surface area contributed by atoms with E-state index in [1.165, 1.54) is 4.90 Å². The highest BCUT2D eigenvalue weighted by molar-refractivity contribution is 6.01. The van der Waals surface area contributed by atoms with Crippen molar-refractivity contribution in [2.75, 3.05) is 19.3 Å². The van der Waals surface area contributed by atoms with Gasteiger partial charge in [-0.1, -0.05) is 13.8 Å². The predicted octanol–water partition coefficient (Wildman–Crippen LogP) is 1.93. The number of halogens is 2. The summed E-state index contributed by atoms with van der Waals surface area (Å²) in [7, 11) is 1.54. The predicted molar refractivity (Wildman–Crippen MR) is 102 cm³/mol. The summed E-state index contributed by atoms with van der Waals surface area (Å²) in [5, 5.41) is 0. The van der Waals surface area contributed by atoms with Crippen LogP contribution in [0.1, 0.15) is 42.7 Å². The molecule has 0 amide bonds. The van der Waals surface area contributed by atoms with Gasteiger partial charge in [0.15, 0.2) is 5.78 Å². The van der Waals surface area contributed by atoms with E-state index in [-0.39, 0.29) is 36.0 Å². The molecule has 0 saturated carbocycles. The first-order valence-corrected chi connectivity index (χ1v) is 8.83. The second kappa shape index (κ2) is 8.47. The van der Waals surface area contributed by atoms with Crippen LogP contribution < -0.4 is 17.0 Å². The Bertz CT molecular complexity index is 998. The number of carbonyl (C=O) groups is 1. The van der Waals surface area contributed by atoms with Gasteiger partial charge in [-0.3, -0.25) is 24.0 Å². The zero-order valence-electron chi connectivity index (χ0n) is 16.3. The number of carbonyl (C=O) groups excluding carboxylic acids is 1. The molecule has 0 radical (unpaired) electrons. The van der Waals surface area contributed by atoms with Crippen molar-refractivity contribution in [3.63, 3.8) is 0 Å². The maximum absolute atomic E-state index is 14.0. The van der Waals surface area contributed by atoms with E-state index < -0.39 is 34.7 Å². The molecule has 9 heteroatoms. The van der Waals surface area contributed by atoms with Crippen molar-refractivity contribution in [3.8, 4) is 0 Å². The first kappa shape index (κ1) is 21.5. The van der Waals surface area contributed by atoms with Crippen LogP contribution in [0.2, 0.25) is 0 Å². The molecule has 3 N–H and O–H groups in total. The average Bonchev–Trinajstić information content (AvgIpc) is 2.59. The lowest BCUT2D eigenvalue weighted by atomic mass is 10.1. The van der Waals surface area contributed by atoms with Crippen molar-refractivity contribution in [1.29, 1.82) is 0 Å². The summed E-state index contributed by atoms with van der Waals surface area (Å²) in [4.78, 5) is 40.4. The molecule has 7 nitrogen and oxygen atoms in total. The van der Waals surface area contributed by atoms with E-state index in [4.69, 9.17) is 5.73 Å². The number of hydrogen-bond acceptors (Lipinski definition) is 5. The number of H-pyrrole nitrogens is 1. The molecule has 1 aromatic heterocycles. The number of nitrogens with zero attached hydrogens (tertiary/aromatic N) is 2. The molecule has 152 valence electrons. The van der Waals surface area contributed by atoms with Gasteiger partial charge < -0.3 is 5.73 Å². The fourth-order valence-electron chi connectivity index (χ4n) is 2.92. The third-order valence-electron chi connectivity index (χ3n) is 4.53. The van der Waals surface area contributed by atoms with Gasteiger partial charge in [-0.15, -0.1) is 0 Å². The van der Waals surface area contributed by atoms with Crippen LogP contribution in [0.3, 0.4) is 0 Å². The molecule has 0 spiro atoms. The Morgan fingerprint density at radius 2 is 1.89 bits per heavy atom. The summed E-state index contributed by atoms with van der Waals surface area (Å²) in [6.45, 7) is 5.30. The highest BCUT2D eigenvalue weighted by Gasteiger charge is 2.24. The maximum atomic E-state index is 14.0. The van der Waals surface area contributed by atoms with Crippen LogP contribution in [0, 0.1) is 17.6 Å². The van der Waals surface area contributed by atoms with Crippen LogP contribution in [0.25, 0.3) is 0 Å². The maximum Gasteiger partial charge on any atom is 0.329 e. The third kappa shape index (κ3) is 4.53. The zero-order chi connectivity index (χ0) is 21.2. The number of hydrogen-bond donors (Lipinski definition) is 2. The number of aromatic amines is 1. The largest absolute Gasteiger partial charge is 0.384 e. The van der Waals surface area contributed by atoms with E-state index in [2.05, 4.69) is 4.98 Å². The molecule has 1 heterocycles. The molecule has 2 rings (SSSR count). The van der Waals surface area contributed by atoms with Crippen molar-refractivity contribution < 1.29 is 13.6 Å². The van der Waals surface area contributed by atoms with Gasteiger partial charge in [0, 0.05) is 18.2 Å². The minimum Gasteiger partial charge on any atom is -0.384 e. The number of nitrogen functional groups attached to an aromatic ring is 1. The van der Waals surface area contributed by atoms with Gasteiger partial charge in [-0.25, -0.2) is 13.6 Å². The van der Waals surface area contributed by atoms with Crippen molar-refractivity contribution >= 4 is 11.6 Å². The second-order valence-electron chi connectivity index (χ2n) is 7.20. The van der Waals surface area contributed by atoms with Crippen LogP contribution >= 0.6 is 0 Å². The van der Waals surface area contributed by atoms with Gasteiger partial charge in [0.25, 0.3) is 5.56 Å². The van der Waals surface area contributed by atoms with E-state index in [0.717, 1.165) is 22.8 Å². The fraction of sp³-hybridized carbons (Fsp3) is 0.421. The van der Waals surface area contributed by atoms with Crippen LogP contribution in [0.15, 0.2) is 27.8 Å². The number of benzene rings is 1. The van der Waals surface area contributed by atoms with E-state index in [1.54, 1.807) is 14.0 Å². The number of rotatable bonds is 7. The summed E-state index contributed by atoms with van der Waals surface area (Å²) in [5.74, 6) is -1.96. The lowest BCUT2D eigenvalue weighted by Crippen LogP contribution is -2.39. The summed E-state index contributed by atoms with van der Waals surface area (Å²) < 4.78 is 28.6. The molecule has 0 aliphatic rings. The molecule has 1 atom stereocenters. The Morgan fingerprint density at radius 1 is 1.25 bits per heavy atom. The van der Waals surface area contributed by atoms with Crippen molar-refractivity contribution in [2.45, 2.75) is 33.4 Å². The summed E-state index contributed by atoms with van der Waals surface area (Å²) in [6.07, 6.45) is 0. The monoisotopic (exact) mass is 394 g/mol. The Morgan fingerprint density at radius 3 is 2.50 bits per heavy atom. The number of anilines is 1. The van der Waals surface area contributed by atoms with Crippen molar-refractivity contribution in [1.82, 2.24) is 14.5 Å². The minimum absolute atomic E-state index is 0.0625. The second-order valence-corrected chi connectivity index (χ2v) is 7.20. The quantitative estimate of drug-likeness (QED) is 0.699. The first-order chi connectivity index (χ1) is 13.0. The Hall–Kier alpha value is -2.81. The fourth-order valence-corrected chi connectivity index (χ4v) is 2.92. The summed E-state index contributed by atoms with van der Waals surface area (Å²) >= 11 is 0. The molecule has 0 aliphatic heterocycles. The Balaban J connectivity index is 2.33. The molecule has 1 aromatic carbocycles. The molecule has 0 saturated heterocycles. The number of likely N-dealkylation sites (N-methyl/N-ethyl adjacent to an activating group) is 1. The molecule has 28 heavy (non-hydrogen) atoms. The van der Waals surface area contributed by atoms with E-state index in [1.807, 2.05) is 13.8 Å². The molecule has 0 aliphatic carbocycles. The van der Waals surface area contributed by atoms with Crippen LogP contribution in [-0.4, -0.2) is 33.8 Å². The van der Waals surface area contributed by atoms with Crippen molar-refractivity contribution in [3.05, 3.63) is 61.8 Å². The number of ketones is 1. The number of Topliss-reactive ketones (excluding diaryl/α,β-unsaturated/α-hetero) is 1. The van der Waals surface area contributed by atoms with Crippen LogP contribution in [-0.2, 0) is 6.54 Å². The van der Waals surface area contributed by atoms with Gasteiger partial charge in [0.05, 0.1) is 6.54 Å². The van der Waals surface area contributed by atoms with Gasteiger partial charge in [0.2, 0.25) is 0 Å². The molecule has 0 fully saturated rings. The Kier molecular flexibility index (Phi) is 6.50. The first-order valence-electron chi connectivity index (χ1n) is 8.83. The highest BCUT2D eigenvalue weighted by atomic mass is 19.1. The summed E-state index contributed by atoms with van der Waals surface area (Å²) in [5.41, 5.74) is 4.15. The minimum atomic E-state index is -0.870. The standard InChI is InChI=1S/C19H24F2N4O3/c1-10(2)8-25-17(22)16(18(27)23-19(25)28)15(26)9-24(4)11(3)13-7-12(20)5-6-14(13)21/h5-7,10-11H,8-9,22H2,1-4H3,(H,23,27,28)/t11-/m0/s1. The topological polar surface area (TPSA) is 101 Å². The SMILES string of the molecule is CC(C)Cn1c(N)c(C(=O)CN(C)[C@@H](C)c2cc(F)ccc2F)c(=O)[nH]c1=O. The normalized spacial score (nSPS) is 12.6. The van der Waals surface area contributed by atoms with Gasteiger partial charge in [-0.2, -0.15) is 0 Å². The van der Waals surface area contributed by atoms with E-state index in [0.29, 0.717) is 0 Å². The number of nitrogens with two attached hydrogens (primary N) is 1. The Labute approximate surface area is 160 Å². The van der Waals surface area contributed by atoms with Crippen molar-refractivity contribution in [2.24, 2.45) is 5.92 Å². The molecular formula is C19H24F2N4O3. The van der Waals surface area contributed by atoms with Gasteiger partial charge >= 0.3 is 5.69 Å². The summed E-state index contributed by atoms with van der Waals surface area (Å²) in [6, 6.07) is 2.45. The van der Waals surface area contributed by atoms with E-state index in [9.17, 15) is 23.2 Å². The van der Waals surface area contributed by atoms with Crippen LogP contribution in [0.4, 0.5) is 14.6 Å².